The zero-order valence-electron chi connectivity index (χ0n) is 16.8. The van der Waals surface area contributed by atoms with Gasteiger partial charge < -0.3 is 14.8 Å². The molecule has 29 heavy (non-hydrogen) atoms. The average molecular weight is 419 g/mol. The number of amides is 1. The van der Waals surface area contributed by atoms with Crippen LogP contribution in [0.15, 0.2) is 48.5 Å². The number of nitrogens with one attached hydrogen (secondary N) is 1. The van der Waals surface area contributed by atoms with E-state index in [0.29, 0.717) is 23.8 Å². The second kappa shape index (κ2) is 8.73. The van der Waals surface area contributed by atoms with Gasteiger partial charge in [-0.05, 0) is 43.2 Å². The molecular formula is C21H26N2O5S. The van der Waals surface area contributed by atoms with E-state index < -0.39 is 22.0 Å². The van der Waals surface area contributed by atoms with Crippen LogP contribution in [0, 0.1) is 0 Å². The van der Waals surface area contributed by atoms with Crippen molar-refractivity contribution >= 4 is 21.6 Å². The molecule has 8 heteroatoms. The van der Waals surface area contributed by atoms with Gasteiger partial charge in [-0.2, -0.15) is 0 Å². The number of para-hydroxylation sites is 2. The van der Waals surface area contributed by atoms with Crippen LogP contribution in [0.4, 0.5) is 5.69 Å². The summed E-state index contributed by atoms with van der Waals surface area (Å²) in [5, 5.41) is 2.78. The van der Waals surface area contributed by atoms with E-state index in [1.54, 1.807) is 25.1 Å². The van der Waals surface area contributed by atoms with Gasteiger partial charge in [-0.1, -0.05) is 31.2 Å². The summed E-state index contributed by atoms with van der Waals surface area (Å²) in [6.45, 7) is 4.11. The molecule has 0 aliphatic carbocycles. The molecule has 1 aliphatic heterocycles. The molecule has 0 fully saturated rings. The molecule has 2 aromatic carbocycles. The summed E-state index contributed by atoms with van der Waals surface area (Å²) in [6, 6.07) is 13.6. The summed E-state index contributed by atoms with van der Waals surface area (Å²) in [6.07, 6.45) is 1.60. The zero-order valence-corrected chi connectivity index (χ0v) is 17.6. The summed E-state index contributed by atoms with van der Waals surface area (Å²) in [7, 11) is -3.65. The largest absolute Gasteiger partial charge is 0.486 e. The van der Waals surface area contributed by atoms with Crippen molar-refractivity contribution in [1.29, 1.82) is 0 Å². The molecule has 0 radical (unpaired) electrons. The molecule has 0 spiro atoms. The first kappa shape index (κ1) is 21.0. The second-order valence-corrected chi connectivity index (χ2v) is 8.86. The number of fused-ring (bicyclic) bond motifs is 1. The van der Waals surface area contributed by atoms with Crippen LogP contribution in [0.2, 0.25) is 0 Å². The summed E-state index contributed by atoms with van der Waals surface area (Å²) in [5.74, 6) is 0.888. The smallest absolute Gasteiger partial charge is 0.243 e. The lowest BCUT2D eigenvalue weighted by molar-refractivity contribution is -0.122. The van der Waals surface area contributed by atoms with E-state index in [1.165, 1.54) is 0 Å². The van der Waals surface area contributed by atoms with Crippen molar-refractivity contribution in [3.63, 3.8) is 0 Å². The molecule has 0 saturated carbocycles. The van der Waals surface area contributed by atoms with Crippen LogP contribution in [-0.4, -0.2) is 45.9 Å². The fraction of sp³-hybridized carbons (Fsp3) is 0.381. The van der Waals surface area contributed by atoms with E-state index in [0.717, 1.165) is 22.5 Å². The maximum Gasteiger partial charge on any atom is 0.243 e. The Balaban J connectivity index is 1.66. The topological polar surface area (TPSA) is 84.9 Å². The van der Waals surface area contributed by atoms with Gasteiger partial charge in [-0.25, -0.2) is 8.42 Å². The Labute approximate surface area is 171 Å². The molecule has 1 amide bonds. The number of aryl methyl sites for hydroxylation is 1. The van der Waals surface area contributed by atoms with Gasteiger partial charge >= 0.3 is 0 Å². The number of rotatable bonds is 7. The maximum atomic E-state index is 12.7. The molecule has 1 heterocycles. The van der Waals surface area contributed by atoms with Crippen LogP contribution < -0.4 is 19.1 Å². The fourth-order valence-electron chi connectivity index (χ4n) is 3.21. The monoisotopic (exact) mass is 418 g/mol. The van der Waals surface area contributed by atoms with Crippen molar-refractivity contribution in [2.24, 2.45) is 0 Å². The molecule has 1 N–H and O–H groups in total. The lowest BCUT2D eigenvalue weighted by atomic mass is 10.1. The number of sulfonamides is 1. The van der Waals surface area contributed by atoms with E-state index in [2.05, 4.69) is 5.32 Å². The van der Waals surface area contributed by atoms with E-state index in [-0.39, 0.29) is 12.6 Å². The molecule has 0 aromatic heterocycles. The summed E-state index contributed by atoms with van der Waals surface area (Å²) in [5.41, 5.74) is 1.55. The van der Waals surface area contributed by atoms with Gasteiger partial charge in [0.2, 0.25) is 15.9 Å². The number of hydrogen-bond donors (Lipinski definition) is 1. The molecule has 1 aliphatic rings. The first-order valence-electron chi connectivity index (χ1n) is 9.54. The third kappa shape index (κ3) is 5.00. The summed E-state index contributed by atoms with van der Waals surface area (Å²) in [4.78, 5) is 12.7. The summed E-state index contributed by atoms with van der Waals surface area (Å²) >= 11 is 0. The Morgan fingerprint density at radius 2 is 1.83 bits per heavy atom. The van der Waals surface area contributed by atoms with Crippen molar-refractivity contribution < 1.29 is 22.7 Å². The van der Waals surface area contributed by atoms with Crippen LogP contribution in [-0.2, 0) is 21.2 Å². The number of anilines is 1. The minimum absolute atomic E-state index is 0.212. The van der Waals surface area contributed by atoms with Crippen molar-refractivity contribution in [1.82, 2.24) is 5.32 Å². The van der Waals surface area contributed by atoms with Gasteiger partial charge in [0, 0.05) is 0 Å². The molecular weight excluding hydrogens is 392 g/mol. The van der Waals surface area contributed by atoms with Crippen LogP contribution in [0.5, 0.6) is 11.5 Å². The standard InChI is InChI=1S/C21H26N2O5S/c1-4-16-9-11-17(12-10-16)23(29(3,25)26)15(2)21(24)22-13-18-14-27-19-7-5-6-8-20(19)28-18/h5-12,15,18H,4,13-14H2,1-3H3,(H,22,24)/t15-,18-/m0/s1. The Hall–Kier alpha value is -2.74. The highest BCUT2D eigenvalue weighted by Gasteiger charge is 2.30. The van der Waals surface area contributed by atoms with Gasteiger partial charge in [0.05, 0.1) is 18.5 Å². The van der Waals surface area contributed by atoms with Crippen molar-refractivity contribution in [2.45, 2.75) is 32.4 Å². The molecule has 3 rings (SSSR count). The Kier molecular flexibility index (Phi) is 6.32. The molecule has 2 aromatic rings. The first-order valence-corrected chi connectivity index (χ1v) is 11.4. The highest BCUT2D eigenvalue weighted by atomic mass is 32.2. The minimum atomic E-state index is -3.65. The average Bonchev–Trinajstić information content (AvgIpc) is 2.71. The van der Waals surface area contributed by atoms with Crippen LogP contribution >= 0.6 is 0 Å². The normalized spacial score (nSPS) is 16.7. The SMILES string of the molecule is CCc1ccc(N([C@@H](C)C(=O)NC[C@H]2COc3ccccc3O2)S(C)(=O)=O)cc1. The van der Waals surface area contributed by atoms with E-state index in [1.807, 2.05) is 37.3 Å². The van der Waals surface area contributed by atoms with Crippen molar-refractivity contribution in [3.05, 3.63) is 54.1 Å². The van der Waals surface area contributed by atoms with Gasteiger partial charge in [0.15, 0.2) is 11.5 Å². The molecule has 2 atom stereocenters. The zero-order chi connectivity index (χ0) is 21.0. The quantitative estimate of drug-likeness (QED) is 0.746. The predicted octanol–water partition coefficient (Wildman–Crippen LogP) is 2.36. The lowest BCUT2D eigenvalue weighted by Gasteiger charge is -2.30. The van der Waals surface area contributed by atoms with Crippen LogP contribution in [0.3, 0.4) is 0 Å². The Morgan fingerprint density at radius 3 is 2.45 bits per heavy atom. The number of ether oxygens (including phenoxy) is 2. The van der Waals surface area contributed by atoms with Gasteiger partial charge in [-0.3, -0.25) is 9.10 Å². The Morgan fingerprint density at radius 1 is 1.17 bits per heavy atom. The molecule has 7 nitrogen and oxygen atoms in total. The van der Waals surface area contributed by atoms with Gasteiger partial charge in [-0.15, -0.1) is 0 Å². The van der Waals surface area contributed by atoms with Gasteiger partial charge in [0.25, 0.3) is 0 Å². The third-order valence-corrected chi connectivity index (χ3v) is 6.00. The van der Waals surface area contributed by atoms with Gasteiger partial charge in [0.1, 0.15) is 18.8 Å². The van der Waals surface area contributed by atoms with Crippen LogP contribution in [0.25, 0.3) is 0 Å². The number of carbonyl (C=O) groups is 1. The summed E-state index contributed by atoms with van der Waals surface area (Å²) < 4.78 is 37.4. The number of benzene rings is 2. The van der Waals surface area contributed by atoms with Crippen molar-refractivity contribution in [3.8, 4) is 11.5 Å². The molecule has 0 unspecified atom stereocenters. The van der Waals surface area contributed by atoms with Crippen LogP contribution in [0.1, 0.15) is 19.4 Å². The molecule has 0 saturated heterocycles. The lowest BCUT2D eigenvalue weighted by Crippen LogP contribution is -2.50. The number of carbonyl (C=O) groups excluding carboxylic acids is 1. The molecule has 156 valence electrons. The van der Waals surface area contributed by atoms with E-state index >= 15 is 0 Å². The number of nitrogens with zero attached hydrogens (tertiary/aromatic N) is 1. The first-order chi connectivity index (χ1) is 13.8. The minimum Gasteiger partial charge on any atom is -0.486 e. The third-order valence-electron chi connectivity index (χ3n) is 4.76. The number of hydrogen-bond acceptors (Lipinski definition) is 5. The Bertz CT molecular complexity index is 959. The predicted molar refractivity (Wildman–Crippen MR) is 112 cm³/mol. The second-order valence-electron chi connectivity index (χ2n) is 7.00. The highest BCUT2D eigenvalue weighted by Crippen LogP contribution is 2.30. The van der Waals surface area contributed by atoms with E-state index in [9.17, 15) is 13.2 Å². The molecule has 0 bridgehead atoms. The highest BCUT2D eigenvalue weighted by molar-refractivity contribution is 7.92. The van der Waals surface area contributed by atoms with Crippen molar-refractivity contribution in [2.75, 3.05) is 23.7 Å². The van der Waals surface area contributed by atoms with E-state index in [4.69, 9.17) is 9.47 Å². The maximum absolute atomic E-state index is 12.7. The fourth-order valence-corrected chi connectivity index (χ4v) is 4.39.